The molecule has 122 valence electrons. The fourth-order valence-corrected chi connectivity index (χ4v) is 2.48. The number of hydrogen-bond acceptors (Lipinski definition) is 4. The Labute approximate surface area is 140 Å². The minimum absolute atomic E-state index is 0.242. The van der Waals surface area contributed by atoms with Crippen LogP contribution in [0.15, 0.2) is 49.2 Å². The normalized spacial score (nSPS) is 10.6. The number of nitrogens with one attached hydrogen (secondary N) is 2. The van der Waals surface area contributed by atoms with Crippen molar-refractivity contribution in [3.63, 3.8) is 0 Å². The molecule has 24 heavy (non-hydrogen) atoms. The Morgan fingerprint density at radius 1 is 1.33 bits per heavy atom. The number of aromatic nitrogens is 3. The number of aryl methyl sites for hydroxylation is 2. The van der Waals surface area contributed by atoms with Crippen LogP contribution in [0.5, 0.6) is 0 Å². The third-order valence-electron chi connectivity index (χ3n) is 3.64. The van der Waals surface area contributed by atoms with Crippen molar-refractivity contribution in [3.8, 4) is 0 Å². The number of carbonyl (C=O) groups is 1. The molecule has 0 aliphatic heterocycles. The molecule has 0 saturated carbocycles. The predicted molar refractivity (Wildman–Crippen MR) is 95.7 cm³/mol. The van der Waals surface area contributed by atoms with E-state index in [9.17, 15) is 4.79 Å². The minimum Gasteiger partial charge on any atom is -0.340 e. The summed E-state index contributed by atoms with van der Waals surface area (Å²) in [6, 6.07) is 9.41. The zero-order valence-electron chi connectivity index (χ0n) is 13.7. The molecule has 0 saturated heterocycles. The average Bonchev–Trinajstić information content (AvgIpc) is 2.98. The number of rotatable bonds is 5. The third-order valence-corrected chi connectivity index (χ3v) is 3.64. The first-order valence-corrected chi connectivity index (χ1v) is 7.75. The summed E-state index contributed by atoms with van der Waals surface area (Å²) in [6.45, 7) is 7.49. The van der Waals surface area contributed by atoms with Crippen molar-refractivity contribution in [2.75, 3.05) is 10.6 Å². The number of benzene rings is 1. The quantitative estimate of drug-likeness (QED) is 0.706. The molecule has 6 nitrogen and oxygen atoms in total. The van der Waals surface area contributed by atoms with Crippen LogP contribution in [-0.2, 0) is 11.2 Å². The van der Waals surface area contributed by atoms with Crippen molar-refractivity contribution in [1.29, 1.82) is 0 Å². The molecule has 0 bridgehead atoms. The number of fused-ring (bicyclic) bond motifs is 1. The van der Waals surface area contributed by atoms with E-state index < -0.39 is 0 Å². The van der Waals surface area contributed by atoms with E-state index >= 15 is 0 Å². The van der Waals surface area contributed by atoms with E-state index in [0.29, 0.717) is 5.69 Å². The first-order valence-electron chi connectivity index (χ1n) is 7.75. The molecule has 6 heteroatoms. The zero-order chi connectivity index (χ0) is 17.1. The average molecular weight is 321 g/mol. The van der Waals surface area contributed by atoms with Crippen LogP contribution < -0.4 is 10.6 Å². The van der Waals surface area contributed by atoms with Gasteiger partial charge in [0.15, 0.2) is 5.65 Å². The van der Waals surface area contributed by atoms with E-state index in [0.717, 1.165) is 34.8 Å². The highest BCUT2D eigenvalue weighted by Crippen LogP contribution is 2.22. The fourth-order valence-electron chi connectivity index (χ4n) is 2.48. The summed E-state index contributed by atoms with van der Waals surface area (Å²) in [6.07, 6.45) is 3.96. The Morgan fingerprint density at radius 2 is 2.12 bits per heavy atom. The summed E-state index contributed by atoms with van der Waals surface area (Å²) in [7, 11) is 0. The molecular weight excluding hydrogens is 302 g/mol. The van der Waals surface area contributed by atoms with Crippen LogP contribution in [0, 0.1) is 6.92 Å². The Morgan fingerprint density at radius 3 is 2.88 bits per heavy atom. The summed E-state index contributed by atoms with van der Waals surface area (Å²) in [5.41, 5.74) is 4.42. The van der Waals surface area contributed by atoms with Crippen LogP contribution >= 0.6 is 0 Å². The summed E-state index contributed by atoms with van der Waals surface area (Å²) in [5, 5.41) is 10.5. The fraction of sp³-hybridized carbons (Fsp3) is 0.167. The lowest BCUT2D eigenvalue weighted by Gasteiger charge is -2.11. The molecule has 2 aromatic heterocycles. The first kappa shape index (κ1) is 15.7. The van der Waals surface area contributed by atoms with E-state index in [1.54, 1.807) is 4.52 Å². The summed E-state index contributed by atoms with van der Waals surface area (Å²) in [5.74, 6) is 0.582. The highest BCUT2D eigenvalue weighted by Gasteiger charge is 2.09. The van der Waals surface area contributed by atoms with Gasteiger partial charge in [0.05, 0.1) is 6.20 Å². The van der Waals surface area contributed by atoms with Crippen molar-refractivity contribution in [2.24, 2.45) is 0 Å². The van der Waals surface area contributed by atoms with E-state index in [1.807, 2.05) is 43.5 Å². The zero-order valence-corrected chi connectivity index (χ0v) is 13.7. The Kier molecular flexibility index (Phi) is 4.29. The second-order valence-corrected chi connectivity index (χ2v) is 5.44. The van der Waals surface area contributed by atoms with Crippen molar-refractivity contribution < 1.29 is 4.79 Å². The van der Waals surface area contributed by atoms with Crippen molar-refractivity contribution in [2.45, 2.75) is 20.3 Å². The molecule has 2 N–H and O–H groups in total. The smallest absolute Gasteiger partial charge is 0.247 e. The predicted octanol–water partition coefficient (Wildman–Crippen LogP) is 3.47. The number of amides is 1. The van der Waals surface area contributed by atoms with Gasteiger partial charge < -0.3 is 10.6 Å². The van der Waals surface area contributed by atoms with Crippen molar-refractivity contribution >= 4 is 28.7 Å². The Hall–Kier alpha value is -3.15. The number of nitrogens with zero attached hydrogens (tertiary/aromatic N) is 3. The van der Waals surface area contributed by atoms with Gasteiger partial charge >= 0.3 is 0 Å². The summed E-state index contributed by atoms with van der Waals surface area (Å²) < 4.78 is 1.79. The monoisotopic (exact) mass is 321 g/mol. The molecule has 3 rings (SSSR count). The van der Waals surface area contributed by atoms with Gasteiger partial charge in [-0.15, -0.1) is 0 Å². The van der Waals surface area contributed by atoms with Crippen molar-refractivity contribution in [3.05, 3.63) is 60.4 Å². The van der Waals surface area contributed by atoms with Crippen LogP contribution in [0.25, 0.3) is 5.65 Å². The van der Waals surface area contributed by atoms with E-state index in [-0.39, 0.29) is 5.91 Å². The van der Waals surface area contributed by atoms with Crippen LogP contribution in [-0.4, -0.2) is 20.5 Å². The summed E-state index contributed by atoms with van der Waals surface area (Å²) >= 11 is 0. The number of carbonyl (C=O) groups excluding carboxylic acids is 1. The van der Waals surface area contributed by atoms with Gasteiger partial charge in [-0.3, -0.25) is 4.79 Å². The molecule has 1 aromatic carbocycles. The number of hydrogen-bond donors (Lipinski definition) is 2. The molecule has 3 aromatic rings. The molecule has 0 spiro atoms. The second-order valence-electron chi connectivity index (χ2n) is 5.44. The van der Waals surface area contributed by atoms with Crippen LogP contribution in [0.4, 0.5) is 17.2 Å². The van der Waals surface area contributed by atoms with Gasteiger partial charge in [-0.25, -0.2) is 4.98 Å². The van der Waals surface area contributed by atoms with E-state index in [1.165, 1.54) is 6.08 Å². The lowest BCUT2D eigenvalue weighted by atomic mass is 10.2. The van der Waals surface area contributed by atoms with Crippen LogP contribution in [0.1, 0.15) is 18.2 Å². The molecule has 0 aliphatic rings. The van der Waals surface area contributed by atoms with Gasteiger partial charge in [-0.1, -0.05) is 19.6 Å². The molecule has 0 aliphatic carbocycles. The second kappa shape index (κ2) is 6.54. The van der Waals surface area contributed by atoms with Gasteiger partial charge in [0.1, 0.15) is 5.82 Å². The molecule has 0 fully saturated rings. The van der Waals surface area contributed by atoms with Gasteiger partial charge in [-0.05, 0) is 37.6 Å². The largest absolute Gasteiger partial charge is 0.340 e. The first-order chi connectivity index (χ1) is 11.6. The van der Waals surface area contributed by atoms with E-state index in [4.69, 9.17) is 0 Å². The lowest BCUT2D eigenvalue weighted by Crippen LogP contribution is -2.07. The molecule has 1 amide bonds. The maximum absolute atomic E-state index is 11.4. The van der Waals surface area contributed by atoms with Gasteiger partial charge in [0.25, 0.3) is 0 Å². The lowest BCUT2D eigenvalue weighted by molar-refractivity contribution is -0.111. The topological polar surface area (TPSA) is 71.3 Å². The SMILES string of the molecule is C=CC(=O)Nc1cccc(Nc2cc(C)nc3c(CC)cnn23)c1. The molecule has 0 atom stereocenters. The maximum Gasteiger partial charge on any atom is 0.247 e. The van der Waals surface area contributed by atoms with Crippen LogP contribution in [0.3, 0.4) is 0 Å². The summed E-state index contributed by atoms with van der Waals surface area (Å²) in [4.78, 5) is 16.0. The van der Waals surface area contributed by atoms with Crippen LogP contribution in [0.2, 0.25) is 0 Å². The van der Waals surface area contributed by atoms with Gasteiger partial charge in [0, 0.05) is 28.7 Å². The third kappa shape index (κ3) is 3.12. The molecule has 0 radical (unpaired) electrons. The van der Waals surface area contributed by atoms with Gasteiger partial charge in [0.2, 0.25) is 5.91 Å². The maximum atomic E-state index is 11.4. The molecular formula is C18H19N5O. The van der Waals surface area contributed by atoms with Crippen molar-refractivity contribution in [1.82, 2.24) is 14.6 Å². The molecule has 0 unspecified atom stereocenters. The minimum atomic E-state index is -0.242. The highest BCUT2D eigenvalue weighted by atomic mass is 16.1. The standard InChI is InChI=1S/C18H19N5O/c1-4-13-11-19-23-16(9-12(3)20-18(13)23)21-14-7-6-8-15(10-14)22-17(24)5-2/h5-11,21H,2,4H2,1,3H3,(H,22,24). The van der Waals surface area contributed by atoms with Gasteiger partial charge in [-0.2, -0.15) is 9.61 Å². The Balaban J connectivity index is 1.95. The molecule has 2 heterocycles. The number of anilines is 3. The highest BCUT2D eigenvalue weighted by molar-refractivity contribution is 5.99. The van der Waals surface area contributed by atoms with E-state index in [2.05, 4.69) is 34.2 Å². The Bertz CT molecular complexity index is 913.